The Labute approximate surface area is 171 Å². The second kappa shape index (κ2) is 9.60. The van der Waals surface area contributed by atoms with Crippen LogP contribution in [0.1, 0.15) is 33.6 Å². The summed E-state index contributed by atoms with van der Waals surface area (Å²) in [6.45, 7) is 5.95. The first-order valence-corrected chi connectivity index (χ1v) is 9.35. The predicted octanol–water partition coefficient (Wildman–Crippen LogP) is 1.30. The number of rotatable bonds is 4. The zero-order valence-corrected chi connectivity index (χ0v) is 18.2. The number of nitrogens with zero attached hydrogens (tertiary/aromatic N) is 1. The minimum atomic E-state index is -0.565. The SMILES string of the molecule is CNC(C)C(=S)NC1CCSC2CC(C)(C)C(C(N)=O)N2C1=O.Cl.Cl. The summed E-state index contributed by atoms with van der Waals surface area (Å²) in [5, 5.41) is 6.25. The van der Waals surface area contributed by atoms with Crippen LogP contribution in [0.15, 0.2) is 0 Å². The smallest absolute Gasteiger partial charge is 0.246 e. The molecule has 0 radical (unpaired) electrons. The maximum Gasteiger partial charge on any atom is 0.246 e. The maximum absolute atomic E-state index is 13.0. The van der Waals surface area contributed by atoms with E-state index in [9.17, 15) is 9.59 Å². The normalized spacial score (nSPS) is 28.7. The van der Waals surface area contributed by atoms with Gasteiger partial charge in [-0.15, -0.1) is 36.6 Å². The molecule has 2 rings (SSSR count). The average Bonchev–Trinajstić information content (AvgIpc) is 2.66. The Hall–Kier alpha value is -0.280. The molecule has 0 saturated carbocycles. The number of thioether (sulfide) groups is 1. The molecule has 146 valence electrons. The van der Waals surface area contributed by atoms with Gasteiger partial charge in [-0.1, -0.05) is 26.1 Å². The topological polar surface area (TPSA) is 87.5 Å². The number of halogens is 2. The van der Waals surface area contributed by atoms with Gasteiger partial charge in [-0.05, 0) is 38.0 Å². The Morgan fingerprint density at radius 1 is 1.44 bits per heavy atom. The van der Waals surface area contributed by atoms with Crippen molar-refractivity contribution < 1.29 is 9.59 Å². The van der Waals surface area contributed by atoms with E-state index in [0.717, 1.165) is 12.2 Å². The van der Waals surface area contributed by atoms with Gasteiger partial charge in [-0.25, -0.2) is 0 Å². The van der Waals surface area contributed by atoms with Crippen molar-refractivity contribution in [2.45, 2.75) is 57.1 Å². The van der Waals surface area contributed by atoms with Gasteiger partial charge in [0.15, 0.2) is 0 Å². The van der Waals surface area contributed by atoms with Crippen LogP contribution in [-0.4, -0.2) is 58.0 Å². The van der Waals surface area contributed by atoms with Gasteiger partial charge in [0, 0.05) is 0 Å². The Morgan fingerprint density at radius 2 is 2.04 bits per heavy atom. The molecule has 25 heavy (non-hydrogen) atoms. The van der Waals surface area contributed by atoms with Crippen molar-refractivity contribution in [2.24, 2.45) is 11.1 Å². The van der Waals surface area contributed by atoms with Crippen molar-refractivity contribution in [3.8, 4) is 0 Å². The van der Waals surface area contributed by atoms with Crippen molar-refractivity contribution in [3.05, 3.63) is 0 Å². The molecule has 4 N–H and O–H groups in total. The monoisotopic (exact) mass is 430 g/mol. The van der Waals surface area contributed by atoms with Crippen LogP contribution in [0.2, 0.25) is 0 Å². The van der Waals surface area contributed by atoms with Gasteiger partial charge in [0.05, 0.1) is 16.4 Å². The highest BCUT2D eigenvalue weighted by Gasteiger charge is 2.53. The average molecular weight is 431 g/mol. The van der Waals surface area contributed by atoms with Crippen molar-refractivity contribution in [3.63, 3.8) is 0 Å². The lowest BCUT2D eigenvalue weighted by Gasteiger charge is -2.33. The summed E-state index contributed by atoms with van der Waals surface area (Å²) >= 11 is 7.08. The standard InChI is InChI=1S/C15H26N4O2S2.2ClH/c1-8(17-4)13(22)18-9-5-6-23-10-7-15(2,3)11(12(16)20)19(10)14(9)21;;/h8-11,17H,5-7H2,1-4H3,(H2,16,20)(H,18,22);2*1H. The summed E-state index contributed by atoms with van der Waals surface area (Å²) in [7, 11) is 1.82. The van der Waals surface area contributed by atoms with Gasteiger partial charge in [-0.2, -0.15) is 0 Å². The minimum Gasteiger partial charge on any atom is -0.368 e. The van der Waals surface area contributed by atoms with Crippen LogP contribution in [0, 0.1) is 5.41 Å². The van der Waals surface area contributed by atoms with Crippen LogP contribution in [0.3, 0.4) is 0 Å². The number of likely N-dealkylation sites (N-methyl/N-ethyl adjacent to an activating group) is 1. The van der Waals surface area contributed by atoms with Gasteiger partial charge in [-0.3, -0.25) is 9.59 Å². The van der Waals surface area contributed by atoms with Gasteiger partial charge in [0.1, 0.15) is 12.1 Å². The molecule has 0 aromatic heterocycles. The molecule has 4 unspecified atom stereocenters. The van der Waals surface area contributed by atoms with Crippen LogP contribution in [0.25, 0.3) is 0 Å². The Kier molecular flexibility index (Phi) is 9.49. The molecule has 0 aliphatic carbocycles. The lowest BCUT2D eigenvalue weighted by Crippen LogP contribution is -2.57. The fourth-order valence-corrected chi connectivity index (χ4v) is 5.16. The molecule has 0 aromatic rings. The number of nitrogens with one attached hydrogen (secondary N) is 2. The molecule has 0 spiro atoms. The summed E-state index contributed by atoms with van der Waals surface area (Å²) in [6, 6.07) is -0.969. The number of nitrogens with two attached hydrogens (primary N) is 1. The molecule has 0 aromatic carbocycles. The van der Waals surface area contributed by atoms with E-state index in [1.807, 2.05) is 27.8 Å². The van der Waals surface area contributed by atoms with E-state index in [1.54, 1.807) is 16.7 Å². The van der Waals surface area contributed by atoms with E-state index in [-0.39, 0.29) is 47.6 Å². The summed E-state index contributed by atoms with van der Waals surface area (Å²) in [4.78, 5) is 27.3. The number of amides is 2. The van der Waals surface area contributed by atoms with E-state index in [1.165, 1.54) is 0 Å². The van der Waals surface area contributed by atoms with Gasteiger partial charge >= 0.3 is 0 Å². The molecule has 0 bridgehead atoms. The quantitative estimate of drug-likeness (QED) is 0.582. The van der Waals surface area contributed by atoms with E-state index in [4.69, 9.17) is 18.0 Å². The van der Waals surface area contributed by atoms with Gasteiger partial charge in [0.2, 0.25) is 11.8 Å². The lowest BCUT2D eigenvalue weighted by atomic mass is 9.84. The van der Waals surface area contributed by atoms with E-state index < -0.39 is 18.0 Å². The fraction of sp³-hybridized carbons (Fsp3) is 0.800. The molecular formula is C15H28Cl2N4O2S2. The third-order valence-electron chi connectivity index (χ3n) is 4.71. The van der Waals surface area contributed by atoms with Crippen LogP contribution in [0.5, 0.6) is 0 Å². The molecule has 2 aliphatic rings. The number of primary amides is 1. The van der Waals surface area contributed by atoms with Crippen molar-refractivity contribution >= 4 is 65.6 Å². The molecule has 4 atom stereocenters. The van der Waals surface area contributed by atoms with Crippen molar-refractivity contribution in [2.75, 3.05) is 12.8 Å². The highest BCUT2D eigenvalue weighted by Crippen LogP contribution is 2.45. The summed E-state index contributed by atoms with van der Waals surface area (Å²) in [5.74, 6) is 0.348. The Morgan fingerprint density at radius 3 is 2.56 bits per heavy atom. The van der Waals surface area contributed by atoms with Crippen LogP contribution < -0.4 is 16.4 Å². The lowest BCUT2D eigenvalue weighted by molar-refractivity contribution is -0.141. The van der Waals surface area contributed by atoms with Crippen LogP contribution in [0.4, 0.5) is 0 Å². The second-order valence-corrected chi connectivity index (χ2v) is 8.65. The van der Waals surface area contributed by atoms with Gasteiger partial charge < -0.3 is 21.3 Å². The van der Waals surface area contributed by atoms with E-state index in [0.29, 0.717) is 11.4 Å². The van der Waals surface area contributed by atoms with Crippen molar-refractivity contribution in [1.29, 1.82) is 0 Å². The molecular weight excluding hydrogens is 403 g/mol. The van der Waals surface area contributed by atoms with E-state index in [2.05, 4.69) is 10.6 Å². The maximum atomic E-state index is 13.0. The number of hydrogen-bond donors (Lipinski definition) is 3. The first kappa shape index (κ1) is 24.7. The van der Waals surface area contributed by atoms with E-state index >= 15 is 0 Å². The zero-order valence-electron chi connectivity index (χ0n) is 14.9. The first-order chi connectivity index (χ1) is 10.7. The fourth-order valence-electron chi connectivity index (χ4n) is 3.32. The largest absolute Gasteiger partial charge is 0.368 e. The third kappa shape index (κ3) is 5.13. The number of hydrogen-bond acceptors (Lipinski definition) is 5. The summed E-state index contributed by atoms with van der Waals surface area (Å²) in [5.41, 5.74) is 5.31. The number of carbonyl (C=O) groups excluding carboxylic acids is 2. The Balaban J connectivity index is 0.00000288. The van der Waals surface area contributed by atoms with Crippen molar-refractivity contribution in [1.82, 2.24) is 15.5 Å². The number of thiocarbonyl (C=S) groups is 1. The summed E-state index contributed by atoms with van der Waals surface area (Å²) < 4.78 is 0. The highest BCUT2D eigenvalue weighted by molar-refractivity contribution is 7.99. The summed E-state index contributed by atoms with van der Waals surface area (Å²) in [6.07, 6.45) is 1.47. The molecule has 2 saturated heterocycles. The van der Waals surface area contributed by atoms with Gasteiger partial charge in [0.25, 0.3) is 0 Å². The number of fused-ring (bicyclic) bond motifs is 1. The van der Waals surface area contributed by atoms with Crippen LogP contribution in [-0.2, 0) is 9.59 Å². The minimum absolute atomic E-state index is 0. The highest BCUT2D eigenvalue weighted by atomic mass is 35.5. The predicted molar refractivity (Wildman–Crippen MR) is 112 cm³/mol. The molecule has 2 heterocycles. The Bertz CT molecular complexity index is 522. The van der Waals surface area contributed by atoms with Crippen LogP contribution >= 0.6 is 48.8 Å². The molecule has 2 aliphatic heterocycles. The second-order valence-electron chi connectivity index (χ2n) is 6.93. The third-order valence-corrected chi connectivity index (χ3v) is 6.43. The molecule has 2 amide bonds. The zero-order chi connectivity index (χ0) is 17.4. The molecule has 6 nitrogen and oxygen atoms in total. The molecule has 2 fully saturated rings. The number of carbonyl (C=O) groups is 2. The molecule has 10 heteroatoms. The first-order valence-electron chi connectivity index (χ1n) is 7.89.